The summed E-state index contributed by atoms with van der Waals surface area (Å²) in [6.07, 6.45) is -1.62. The number of hydrogen-bond donors (Lipinski definition) is 3. The van der Waals surface area contributed by atoms with Crippen molar-refractivity contribution in [3.05, 3.63) is 50.8 Å². The number of carbonyl (C=O) groups is 2. The number of rotatable bonds is 7. The molecule has 4 heterocycles. The van der Waals surface area contributed by atoms with Gasteiger partial charge in [-0.2, -0.15) is 0 Å². The van der Waals surface area contributed by atoms with Gasteiger partial charge in [-0.15, -0.1) is 16.4 Å². The quantitative estimate of drug-likeness (QED) is 0.267. The number of carbonyl (C=O) groups excluding carboxylic acids is 2. The maximum atomic E-state index is 13.4. The number of aromatic amines is 1. The number of amides is 2. The Balaban J connectivity index is 1.93. The summed E-state index contributed by atoms with van der Waals surface area (Å²) in [4.78, 5) is 39.1. The van der Waals surface area contributed by atoms with Crippen LogP contribution in [0.2, 0.25) is 0 Å². The topological polar surface area (TPSA) is 179 Å². The first-order valence-electron chi connectivity index (χ1n) is 8.90. The van der Waals surface area contributed by atoms with Crippen molar-refractivity contribution in [2.24, 2.45) is 5.73 Å². The van der Waals surface area contributed by atoms with E-state index in [1.807, 2.05) is 0 Å². The monoisotopic (exact) mass is 478 g/mol. The number of aromatic nitrogens is 3. The van der Waals surface area contributed by atoms with Crippen LogP contribution in [0, 0.1) is 10.1 Å². The molecule has 0 saturated heterocycles. The van der Waals surface area contributed by atoms with Gasteiger partial charge in [-0.3, -0.25) is 24.8 Å². The highest BCUT2D eigenvalue weighted by Gasteiger charge is 2.32. The van der Waals surface area contributed by atoms with Gasteiger partial charge in [0.25, 0.3) is 18.2 Å². The Hall–Kier alpha value is -4.40. The number of fused-ring (bicyclic) bond motifs is 1. The Kier molecular flexibility index (Phi) is 5.47. The number of furan rings is 1. The van der Waals surface area contributed by atoms with Crippen LogP contribution < -0.4 is 15.8 Å². The first-order valence-corrected chi connectivity index (χ1v) is 9.71. The summed E-state index contributed by atoms with van der Waals surface area (Å²) in [5, 5.41) is 19.6. The fourth-order valence-electron chi connectivity index (χ4n) is 3.11. The number of thiophene rings is 1. The minimum absolute atomic E-state index is 0.0278. The molecule has 0 unspecified atom stereocenters. The van der Waals surface area contributed by atoms with Crippen molar-refractivity contribution in [2.75, 3.05) is 12.4 Å². The van der Waals surface area contributed by atoms with E-state index in [-0.39, 0.29) is 32.1 Å². The lowest BCUT2D eigenvalue weighted by molar-refractivity contribution is -0.386. The van der Waals surface area contributed by atoms with Crippen LogP contribution in [0.1, 0.15) is 32.3 Å². The molecule has 0 spiro atoms. The minimum atomic E-state index is -2.93. The summed E-state index contributed by atoms with van der Waals surface area (Å²) < 4.78 is 37.0. The van der Waals surface area contributed by atoms with Crippen LogP contribution in [-0.2, 0) is 0 Å². The predicted molar refractivity (Wildman–Crippen MR) is 111 cm³/mol. The Morgan fingerprint density at radius 3 is 2.76 bits per heavy atom. The number of H-pyrrole nitrogens is 1. The van der Waals surface area contributed by atoms with E-state index >= 15 is 0 Å². The number of ether oxygens (including phenoxy) is 1. The lowest BCUT2D eigenvalue weighted by Crippen LogP contribution is -2.18. The van der Waals surface area contributed by atoms with Gasteiger partial charge in [0.1, 0.15) is 21.2 Å². The van der Waals surface area contributed by atoms with Crippen LogP contribution in [0.5, 0.6) is 5.88 Å². The Morgan fingerprint density at radius 2 is 2.18 bits per heavy atom. The molecule has 170 valence electrons. The molecular weight excluding hydrogens is 466 g/mol. The second kappa shape index (κ2) is 8.27. The second-order valence-electron chi connectivity index (χ2n) is 6.39. The molecule has 0 bridgehead atoms. The molecule has 2 amide bonds. The summed E-state index contributed by atoms with van der Waals surface area (Å²) in [5.41, 5.74) is 3.48. The first-order chi connectivity index (χ1) is 15.7. The minimum Gasteiger partial charge on any atom is -0.475 e. The Labute approximate surface area is 185 Å². The highest BCUT2D eigenvalue weighted by atomic mass is 32.1. The van der Waals surface area contributed by atoms with E-state index in [4.69, 9.17) is 14.9 Å². The van der Waals surface area contributed by atoms with Gasteiger partial charge in [0.2, 0.25) is 5.69 Å². The van der Waals surface area contributed by atoms with E-state index in [9.17, 15) is 28.5 Å². The second-order valence-corrected chi connectivity index (χ2v) is 7.39. The predicted octanol–water partition coefficient (Wildman–Crippen LogP) is 3.49. The molecule has 0 saturated carbocycles. The molecule has 0 fully saturated rings. The third kappa shape index (κ3) is 3.73. The van der Waals surface area contributed by atoms with Crippen LogP contribution >= 0.6 is 11.3 Å². The van der Waals surface area contributed by atoms with E-state index in [0.717, 1.165) is 13.2 Å². The van der Waals surface area contributed by atoms with Gasteiger partial charge in [0.15, 0.2) is 0 Å². The third-order valence-corrected chi connectivity index (χ3v) is 5.56. The molecule has 0 aliphatic carbocycles. The van der Waals surface area contributed by atoms with Crippen molar-refractivity contribution >= 4 is 44.7 Å². The zero-order valence-corrected chi connectivity index (χ0v) is 17.2. The number of methoxy groups -OCH3 is 1. The summed E-state index contributed by atoms with van der Waals surface area (Å²) >= 11 is 0.673. The van der Waals surface area contributed by atoms with Crippen LogP contribution in [0.15, 0.2) is 28.9 Å². The molecule has 4 aromatic rings. The zero-order chi connectivity index (χ0) is 23.9. The SMILES string of the molecule is COc1n[nH]c(C(=O)Nc2c(C(N)=O)sc3nc(C(F)F)cc(-c4ccco4)c23)c1[N+](=O)[O-]. The van der Waals surface area contributed by atoms with Crippen LogP contribution in [0.25, 0.3) is 21.5 Å². The number of halogens is 2. The van der Waals surface area contributed by atoms with Gasteiger partial charge in [0.05, 0.1) is 24.0 Å². The number of alkyl halides is 2. The van der Waals surface area contributed by atoms with Gasteiger partial charge in [-0.05, 0) is 18.2 Å². The molecule has 4 N–H and O–H groups in total. The molecule has 0 aromatic carbocycles. The molecule has 12 nitrogen and oxygen atoms in total. The molecule has 0 atom stereocenters. The molecule has 4 aromatic heterocycles. The van der Waals surface area contributed by atoms with Crippen molar-refractivity contribution in [3.8, 4) is 17.2 Å². The maximum absolute atomic E-state index is 13.4. The molecule has 0 aliphatic heterocycles. The van der Waals surface area contributed by atoms with E-state index < -0.39 is 46.1 Å². The number of nitro groups is 1. The van der Waals surface area contributed by atoms with Gasteiger partial charge in [-0.25, -0.2) is 13.8 Å². The van der Waals surface area contributed by atoms with E-state index in [1.54, 1.807) is 0 Å². The smallest absolute Gasteiger partial charge is 0.362 e. The average molecular weight is 478 g/mol. The van der Waals surface area contributed by atoms with Crippen molar-refractivity contribution in [1.29, 1.82) is 0 Å². The van der Waals surface area contributed by atoms with Crippen molar-refractivity contribution in [3.63, 3.8) is 0 Å². The Bertz CT molecular complexity index is 1400. The number of pyridine rings is 1. The maximum Gasteiger partial charge on any atom is 0.362 e. The average Bonchev–Trinajstić information content (AvgIpc) is 3.51. The standard InChI is InChI=1S/C18H12F2N6O6S/c1-31-17-12(26(29)30)11(24-25-17)16(28)23-10-9-6(8-3-2-4-32-8)5-7(14(19)20)22-18(9)33-13(10)15(21)27/h2-5,14H,1H3,(H2,21,27)(H,23,28)(H,24,25). The van der Waals surface area contributed by atoms with Gasteiger partial charge in [0, 0.05) is 10.9 Å². The first kappa shape index (κ1) is 21.8. The fraction of sp³-hybridized carbons (Fsp3) is 0.111. The van der Waals surface area contributed by atoms with Crippen LogP contribution in [-0.4, -0.2) is 39.0 Å². The third-order valence-electron chi connectivity index (χ3n) is 4.47. The largest absolute Gasteiger partial charge is 0.475 e. The summed E-state index contributed by atoms with van der Waals surface area (Å²) in [6.45, 7) is 0. The number of anilines is 1. The highest BCUT2D eigenvalue weighted by molar-refractivity contribution is 7.21. The number of nitrogens with zero attached hydrogens (tertiary/aromatic N) is 3. The number of hydrogen-bond acceptors (Lipinski definition) is 9. The van der Waals surface area contributed by atoms with Crippen LogP contribution in [0.3, 0.4) is 0 Å². The lowest BCUT2D eigenvalue weighted by Gasteiger charge is -2.09. The van der Waals surface area contributed by atoms with Gasteiger partial charge in [-0.1, -0.05) is 0 Å². The van der Waals surface area contributed by atoms with Crippen molar-refractivity contribution in [2.45, 2.75) is 6.43 Å². The molecule has 0 aliphatic rings. The van der Waals surface area contributed by atoms with E-state index in [0.29, 0.717) is 11.3 Å². The molecule has 0 radical (unpaired) electrons. The lowest BCUT2D eigenvalue weighted by atomic mass is 10.1. The fourth-order valence-corrected chi connectivity index (χ4v) is 4.13. The zero-order valence-electron chi connectivity index (χ0n) is 16.4. The molecule has 15 heteroatoms. The van der Waals surface area contributed by atoms with Gasteiger partial charge < -0.3 is 20.2 Å². The molecular formula is C18H12F2N6O6S. The van der Waals surface area contributed by atoms with E-state index in [2.05, 4.69) is 20.5 Å². The van der Waals surface area contributed by atoms with Crippen molar-refractivity contribution < 1.29 is 32.4 Å². The number of nitrogens with two attached hydrogens (primary N) is 1. The summed E-state index contributed by atoms with van der Waals surface area (Å²) in [5.74, 6) is -2.31. The highest BCUT2D eigenvalue weighted by Crippen LogP contribution is 2.43. The van der Waals surface area contributed by atoms with E-state index in [1.165, 1.54) is 18.4 Å². The molecule has 33 heavy (non-hydrogen) atoms. The summed E-state index contributed by atoms with van der Waals surface area (Å²) in [6, 6.07) is 4.06. The van der Waals surface area contributed by atoms with Crippen molar-refractivity contribution in [1.82, 2.24) is 15.2 Å². The Morgan fingerprint density at radius 1 is 1.42 bits per heavy atom. The normalized spacial score (nSPS) is 11.2. The van der Waals surface area contributed by atoms with Gasteiger partial charge >= 0.3 is 11.6 Å². The summed E-state index contributed by atoms with van der Waals surface area (Å²) in [7, 11) is 1.13. The number of primary amides is 1. The number of nitrogens with one attached hydrogen (secondary N) is 2. The molecule has 4 rings (SSSR count). The van der Waals surface area contributed by atoms with Crippen LogP contribution in [0.4, 0.5) is 20.2 Å².